The molecule has 0 aromatic heterocycles. The van der Waals surface area contributed by atoms with E-state index in [2.05, 4.69) is 17.7 Å². The summed E-state index contributed by atoms with van der Waals surface area (Å²) in [5, 5.41) is 1.25. The zero-order chi connectivity index (χ0) is 12.3. The van der Waals surface area contributed by atoms with Crippen molar-refractivity contribution in [2.24, 2.45) is 5.92 Å². The summed E-state index contributed by atoms with van der Waals surface area (Å²) in [5.41, 5.74) is 0.971. The molecule has 0 amide bonds. The fraction of sp³-hybridized carbons (Fsp3) is 0.571. The maximum absolute atomic E-state index is 13.2. The van der Waals surface area contributed by atoms with Crippen molar-refractivity contribution in [3.8, 4) is 0 Å². The second-order valence-electron chi connectivity index (χ2n) is 5.18. The van der Waals surface area contributed by atoms with Crippen molar-refractivity contribution in [3.63, 3.8) is 0 Å². The summed E-state index contributed by atoms with van der Waals surface area (Å²) in [4.78, 5) is 0. The number of hydrogen-bond acceptors (Lipinski definition) is 0. The summed E-state index contributed by atoms with van der Waals surface area (Å²) < 4.78 is 26.0. The Bertz CT molecular complexity index is 370. The molecule has 1 aliphatic carbocycles. The van der Waals surface area contributed by atoms with Crippen LogP contribution >= 0.6 is 0 Å². The van der Waals surface area contributed by atoms with Gasteiger partial charge in [-0.05, 0) is 0 Å². The zero-order valence-electron chi connectivity index (χ0n) is 10.4. The Hall–Kier alpha value is -0.323. The SMILES string of the molecule is [Li][CH2]CC1CCC(c2ccc(F)c(F)c2)CC1. The van der Waals surface area contributed by atoms with Crippen LogP contribution in [0.1, 0.15) is 43.6 Å². The van der Waals surface area contributed by atoms with E-state index >= 15 is 0 Å². The molecule has 17 heavy (non-hydrogen) atoms. The van der Waals surface area contributed by atoms with Crippen molar-refractivity contribution in [1.29, 1.82) is 0 Å². The van der Waals surface area contributed by atoms with Gasteiger partial charge < -0.3 is 0 Å². The standard InChI is InChI=1S/C14H17F2.Li/c1-2-10-3-5-11(6-4-10)12-7-8-13(15)14(16)9-12;/h7-11H,1-6H2;. The van der Waals surface area contributed by atoms with E-state index in [1.807, 2.05) is 0 Å². The van der Waals surface area contributed by atoms with Crippen LogP contribution in [0.5, 0.6) is 0 Å². The Morgan fingerprint density at radius 2 is 1.76 bits per heavy atom. The third-order valence-corrected chi connectivity index (χ3v) is 3.96. The summed E-state index contributed by atoms with van der Waals surface area (Å²) in [6, 6.07) is 4.37. The molecule has 3 heteroatoms. The molecule has 2 rings (SSSR count). The van der Waals surface area contributed by atoms with Gasteiger partial charge in [0.2, 0.25) is 0 Å². The van der Waals surface area contributed by atoms with Gasteiger partial charge in [-0.2, -0.15) is 0 Å². The molecule has 0 spiro atoms. The molecule has 1 aromatic rings. The quantitative estimate of drug-likeness (QED) is 0.682. The second kappa shape index (κ2) is 6.02. The van der Waals surface area contributed by atoms with Crippen LogP contribution in [-0.4, -0.2) is 17.7 Å². The molecular formula is C14H17F2Li. The van der Waals surface area contributed by atoms with Gasteiger partial charge in [0.15, 0.2) is 0 Å². The van der Waals surface area contributed by atoms with Gasteiger partial charge in [0.05, 0.1) is 0 Å². The molecule has 1 fully saturated rings. The molecule has 1 saturated carbocycles. The van der Waals surface area contributed by atoms with Crippen LogP contribution in [0.2, 0.25) is 5.09 Å². The van der Waals surface area contributed by atoms with Crippen molar-refractivity contribution in [3.05, 3.63) is 35.4 Å². The molecule has 0 nitrogen and oxygen atoms in total. The molecule has 0 heterocycles. The van der Waals surface area contributed by atoms with Gasteiger partial charge in [-0.1, -0.05) is 0 Å². The fourth-order valence-electron chi connectivity index (χ4n) is 2.96. The predicted molar refractivity (Wildman–Crippen MR) is 66.2 cm³/mol. The van der Waals surface area contributed by atoms with Crippen molar-refractivity contribution in [2.75, 3.05) is 0 Å². The Labute approximate surface area is 111 Å². The summed E-state index contributed by atoms with van der Waals surface area (Å²) in [6.07, 6.45) is 6.02. The first-order valence-electron chi connectivity index (χ1n) is 6.65. The first-order valence-corrected chi connectivity index (χ1v) is 6.65. The first-order chi connectivity index (χ1) is 8.20. The Morgan fingerprint density at radius 3 is 2.35 bits per heavy atom. The monoisotopic (exact) mass is 230 g/mol. The summed E-state index contributed by atoms with van der Waals surface area (Å²) >= 11 is 2.22. The van der Waals surface area contributed by atoms with Crippen LogP contribution in [0.3, 0.4) is 0 Å². The van der Waals surface area contributed by atoms with Crippen LogP contribution in [0, 0.1) is 17.6 Å². The van der Waals surface area contributed by atoms with Gasteiger partial charge in [0.25, 0.3) is 0 Å². The van der Waals surface area contributed by atoms with Gasteiger partial charge in [-0.25, -0.2) is 0 Å². The predicted octanol–water partition coefficient (Wildman–Crippen LogP) is 4.22. The van der Waals surface area contributed by atoms with Crippen molar-refractivity contribution < 1.29 is 8.78 Å². The van der Waals surface area contributed by atoms with E-state index < -0.39 is 11.6 Å². The molecule has 0 saturated heterocycles. The number of hydrogen-bond donors (Lipinski definition) is 0. The van der Waals surface area contributed by atoms with E-state index in [0.29, 0.717) is 5.92 Å². The van der Waals surface area contributed by atoms with Crippen molar-refractivity contribution in [1.82, 2.24) is 0 Å². The summed E-state index contributed by atoms with van der Waals surface area (Å²) in [5.74, 6) is -0.175. The zero-order valence-corrected chi connectivity index (χ0v) is 10.4. The van der Waals surface area contributed by atoms with Crippen molar-refractivity contribution in [2.45, 2.75) is 43.1 Å². The van der Waals surface area contributed by atoms with Crippen LogP contribution in [-0.2, 0) is 0 Å². The molecule has 0 radical (unpaired) electrons. The molecule has 0 N–H and O–H groups in total. The molecule has 0 atom stereocenters. The number of benzene rings is 1. The average Bonchev–Trinajstić information content (AvgIpc) is 2.34. The third kappa shape index (κ3) is 3.33. The molecule has 0 bridgehead atoms. The molecule has 1 aliphatic rings. The summed E-state index contributed by atoms with van der Waals surface area (Å²) in [7, 11) is 0. The van der Waals surface area contributed by atoms with Crippen LogP contribution in [0.4, 0.5) is 8.78 Å². The van der Waals surface area contributed by atoms with E-state index in [1.54, 1.807) is 6.07 Å². The van der Waals surface area contributed by atoms with Crippen LogP contribution in [0.25, 0.3) is 0 Å². The summed E-state index contributed by atoms with van der Waals surface area (Å²) in [6.45, 7) is 0. The number of halogens is 2. The molecular weight excluding hydrogens is 213 g/mol. The van der Waals surface area contributed by atoms with Gasteiger partial charge >= 0.3 is 111 Å². The molecule has 1 aromatic carbocycles. The maximum atomic E-state index is 13.2. The molecule has 88 valence electrons. The van der Waals surface area contributed by atoms with Gasteiger partial charge in [-0.3, -0.25) is 0 Å². The average molecular weight is 230 g/mol. The first kappa shape index (κ1) is 13.1. The van der Waals surface area contributed by atoms with E-state index in [4.69, 9.17) is 0 Å². The molecule has 0 aliphatic heterocycles. The Morgan fingerprint density at radius 1 is 1.06 bits per heavy atom. The topological polar surface area (TPSA) is 0 Å². The molecule has 0 unspecified atom stereocenters. The normalized spacial score (nSPS) is 24.9. The Balaban J connectivity index is 1.98. The van der Waals surface area contributed by atoms with Gasteiger partial charge in [0, 0.05) is 0 Å². The van der Waals surface area contributed by atoms with Crippen LogP contribution < -0.4 is 0 Å². The van der Waals surface area contributed by atoms with E-state index in [9.17, 15) is 8.78 Å². The minimum atomic E-state index is -0.742. The van der Waals surface area contributed by atoms with Crippen LogP contribution in [0.15, 0.2) is 18.2 Å². The fourth-order valence-corrected chi connectivity index (χ4v) is 2.96. The Kier molecular flexibility index (Phi) is 4.65. The second-order valence-corrected chi connectivity index (χ2v) is 5.18. The van der Waals surface area contributed by atoms with E-state index in [0.717, 1.165) is 24.3 Å². The minimum absolute atomic E-state index is 0.429. The third-order valence-electron chi connectivity index (χ3n) is 3.96. The van der Waals surface area contributed by atoms with E-state index in [1.165, 1.54) is 36.5 Å². The van der Waals surface area contributed by atoms with Crippen molar-refractivity contribution >= 4 is 17.7 Å². The van der Waals surface area contributed by atoms with Gasteiger partial charge in [0.1, 0.15) is 0 Å². The van der Waals surface area contributed by atoms with E-state index in [-0.39, 0.29) is 0 Å². The van der Waals surface area contributed by atoms with Gasteiger partial charge in [-0.15, -0.1) is 0 Å². The number of rotatable bonds is 3.